The normalized spacial score (nSPS) is 11.9. The molecular weight excluding hydrogens is 378 g/mol. The van der Waals surface area contributed by atoms with Crippen molar-refractivity contribution in [1.82, 2.24) is 4.72 Å². The van der Waals surface area contributed by atoms with E-state index in [0.29, 0.717) is 26.0 Å². The van der Waals surface area contributed by atoms with Gasteiger partial charge >= 0.3 is 0 Å². The van der Waals surface area contributed by atoms with Crippen molar-refractivity contribution in [3.05, 3.63) is 37.3 Å². The second-order valence-electron chi connectivity index (χ2n) is 3.41. The van der Waals surface area contributed by atoms with E-state index >= 15 is 0 Å². The molecule has 2 heterocycles. The van der Waals surface area contributed by atoms with E-state index in [-0.39, 0.29) is 0 Å². The molecule has 0 amide bonds. The maximum atomic E-state index is 12.0. The van der Waals surface area contributed by atoms with Crippen LogP contribution in [0.4, 0.5) is 0 Å². The number of rotatable bonds is 5. The van der Waals surface area contributed by atoms with Gasteiger partial charge in [0.1, 0.15) is 4.21 Å². The molecule has 0 bridgehead atoms. The van der Waals surface area contributed by atoms with Crippen molar-refractivity contribution < 1.29 is 8.42 Å². The van der Waals surface area contributed by atoms with Crippen molar-refractivity contribution in [3.8, 4) is 0 Å². The first-order valence-electron chi connectivity index (χ1n) is 4.96. The number of thiophene rings is 2. The Morgan fingerprint density at radius 2 is 2.11 bits per heavy atom. The highest BCUT2D eigenvalue weighted by atomic mass is 79.9. The van der Waals surface area contributed by atoms with Crippen LogP contribution in [-0.2, 0) is 16.4 Å². The van der Waals surface area contributed by atoms with E-state index in [1.807, 2.05) is 12.1 Å². The summed E-state index contributed by atoms with van der Waals surface area (Å²) in [6.45, 7) is 0.365. The van der Waals surface area contributed by atoms with Crippen LogP contribution in [-0.4, -0.2) is 15.0 Å². The second kappa shape index (κ2) is 6.02. The van der Waals surface area contributed by atoms with Crippen molar-refractivity contribution in [2.45, 2.75) is 10.6 Å². The van der Waals surface area contributed by atoms with Crippen molar-refractivity contribution in [2.75, 3.05) is 6.54 Å². The van der Waals surface area contributed by atoms with Crippen molar-refractivity contribution >= 4 is 60.2 Å². The number of sulfonamides is 1. The maximum Gasteiger partial charge on any atom is 0.251 e. The highest BCUT2D eigenvalue weighted by Crippen LogP contribution is 2.27. The lowest BCUT2D eigenvalue weighted by Crippen LogP contribution is -2.25. The van der Waals surface area contributed by atoms with E-state index in [9.17, 15) is 8.42 Å². The Kier molecular flexibility index (Phi) is 4.85. The average Bonchev–Trinajstić information content (AvgIpc) is 2.87. The SMILES string of the molecule is O=S(=O)(NCCc1ccc(Cl)s1)c1sccc1Br. The first-order chi connectivity index (χ1) is 8.49. The molecule has 2 rings (SSSR count). The number of hydrogen-bond donors (Lipinski definition) is 1. The molecule has 3 nitrogen and oxygen atoms in total. The fourth-order valence-corrected chi connectivity index (χ4v) is 5.83. The Morgan fingerprint density at radius 1 is 1.33 bits per heavy atom. The van der Waals surface area contributed by atoms with Crippen LogP contribution in [0.2, 0.25) is 4.34 Å². The highest BCUT2D eigenvalue weighted by molar-refractivity contribution is 9.10. The summed E-state index contributed by atoms with van der Waals surface area (Å²) in [6.07, 6.45) is 0.639. The molecule has 0 unspecified atom stereocenters. The van der Waals surface area contributed by atoms with E-state index in [4.69, 9.17) is 11.6 Å². The number of halogens is 2. The Balaban J connectivity index is 1.96. The third-order valence-electron chi connectivity index (χ3n) is 2.12. The van der Waals surface area contributed by atoms with Gasteiger partial charge in [-0.3, -0.25) is 0 Å². The summed E-state index contributed by atoms with van der Waals surface area (Å²) in [5, 5.41) is 1.73. The molecule has 0 aliphatic carbocycles. The zero-order valence-electron chi connectivity index (χ0n) is 9.02. The molecule has 1 N–H and O–H groups in total. The van der Waals surface area contributed by atoms with Gasteiger partial charge in [0, 0.05) is 15.9 Å². The number of hydrogen-bond acceptors (Lipinski definition) is 4. The largest absolute Gasteiger partial charge is 0.251 e. The highest BCUT2D eigenvalue weighted by Gasteiger charge is 2.18. The van der Waals surface area contributed by atoms with Gasteiger partial charge in [0.25, 0.3) is 10.0 Å². The Bertz CT molecular complexity index is 635. The molecule has 0 radical (unpaired) electrons. The zero-order valence-corrected chi connectivity index (χ0v) is 13.8. The number of nitrogens with one attached hydrogen (secondary N) is 1. The maximum absolute atomic E-state index is 12.0. The first kappa shape index (κ1) is 14.5. The molecule has 0 spiro atoms. The van der Waals surface area contributed by atoms with Crippen LogP contribution in [0.1, 0.15) is 4.88 Å². The Labute approximate surface area is 127 Å². The molecule has 2 aromatic heterocycles. The Morgan fingerprint density at radius 3 is 2.67 bits per heavy atom. The van der Waals surface area contributed by atoms with Crippen LogP contribution in [0, 0.1) is 0 Å². The van der Waals surface area contributed by atoms with E-state index in [1.165, 1.54) is 22.7 Å². The van der Waals surface area contributed by atoms with E-state index < -0.39 is 10.0 Å². The smallest absolute Gasteiger partial charge is 0.210 e. The van der Waals surface area contributed by atoms with Crippen LogP contribution in [0.25, 0.3) is 0 Å². The molecule has 0 aliphatic rings. The van der Waals surface area contributed by atoms with Crippen LogP contribution >= 0.6 is 50.2 Å². The molecule has 8 heteroatoms. The molecule has 0 aromatic carbocycles. The van der Waals surface area contributed by atoms with Crippen molar-refractivity contribution in [3.63, 3.8) is 0 Å². The summed E-state index contributed by atoms with van der Waals surface area (Å²) in [6, 6.07) is 5.44. The summed E-state index contributed by atoms with van der Waals surface area (Å²) in [5.41, 5.74) is 0. The fraction of sp³-hybridized carbons (Fsp3) is 0.200. The van der Waals surface area contributed by atoms with E-state index in [1.54, 1.807) is 11.4 Å². The Hall–Kier alpha value is 0.0800. The van der Waals surface area contributed by atoms with Gasteiger partial charge in [-0.05, 0) is 45.9 Å². The first-order valence-corrected chi connectivity index (χ1v) is 9.31. The van der Waals surface area contributed by atoms with Gasteiger partial charge in [-0.1, -0.05) is 11.6 Å². The molecular formula is C10H9BrClNO2S3. The minimum atomic E-state index is -3.42. The minimum absolute atomic E-state index is 0.312. The van der Waals surface area contributed by atoms with E-state index in [2.05, 4.69) is 20.7 Å². The lowest BCUT2D eigenvalue weighted by Gasteiger charge is -2.04. The van der Waals surface area contributed by atoms with Crippen LogP contribution in [0.5, 0.6) is 0 Å². The van der Waals surface area contributed by atoms with Crippen LogP contribution in [0.3, 0.4) is 0 Å². The predicted molar refractivity (Wildman–Crippen MR) is 80.2 cm³/mol. The monoisotopic (exact) mass is 385 g/mol. The van der Waals surface area contributed by atoms with Crippen LogP contribution in [0.15, 0.2) is 32.3 Å². The quantitative estimate of drug-likeness (QED) is 0.850. The molecule has 18 heavy (non-hydrogen) atoms. The van der Waals surface area contributed by atoms with E-state index in [0.717, 1.165) is 4.88 Å². The molecule has 98 valence electrons. The van der Waals surface area contributed by atoms with Gasteiger partial charge in [-0.2, -0.15) is 0 Å². The molecule has 0 atom stereocenters. The predicted octanol–water partition coefficient (Wildman–Crippen LogP) is 3.75. The molecule has 0 saturated heterocycles. The molecule has 2 aromatic rings. The van der Waals surface area contributed by atoms with Gasteiger partial charge in [0.2, 0.25) is 0 Å². The van der Waals surface area contributed by atoms with Crippen molar-refractivity contribution in [1.29, 1.82) is 0 Å². The summed E-state index contributed by atoms with van der Waals surface area (Å²) < 4.78 is 28.1. The third kappa shape index (κ3) is 3.55. The van der Waals surface area contributed by atoms with Gasteiger partial charge in [-0.15, -0.1) is 22.7 Å². The van der Waals surface area contributed by atoms with Gasteiger partial charge in [-0.25, -0.2) is 13.1 Å². The van der Waals surface area contributed by atoms with Crippen molar-refractivity contribution in [2.24, 2.45) is 0 Å². The second-order valence-corrected chi connectivity index (χ2v) is 8.94. The molecule has 0 fully saturated rings. The summed E-state index contributed by atoms with van der Waals surface area (Å²) in [4.78, 5) is 1.06. The summed E-state index contributed by atoms with van der Waals surface area (Å²) >= 11 is 11.7. The minimum Gasteiger partial charge on any atom is -0.210 e. The topological polar surface area (TPSA) is 46.2 Å². The van der Waals surface area contributed by atoms with Gasteiger partial charge in [0.15, 0.2) is 0 Å². The van der Waals surface area contributed by atoms with Gasteiger partial charge < -0.3 is 0 Å². The fourth-order valence-electron chi connectivity index (χ4n) is 1.33. The summed E-state index contributed by atoms with van der Waals surface area (Å²) in [7, 11) is -3.42. The lowest BCUT2D eigenvalue weighted by atomic mass is 10.3. The standard InChI is InChI=1S/C10H9BrClNO2S3/c11-8-4-6-16-10(8)18(14,15)13-5-3-7-1-2-9(12)17-7/h1-2,4,6,13H,3,5H2. The van der Waals surface area contributed by atoms with Gasteiger partial charge in [0.05, 0.1) is 4.34 Å². The molecule has 0 saturated carbocycles. The average molecular weight is 387 g/mol. The lowest BCUT2D eigenvalue weighted by molar-refractivity contribution is 0.583. The zero-order chi connectivity index (χ0) is 13.2. The van der Waals surface area contributed by atoms with Crippen LogP contribution < -0.4 is 4.72 Å². The summed E-state index contributed by atoms with van der Waals surface area (Å²) in [5.74, 6) is 0. The third-order valence-corrected chi connectivity index (χ3v) is 7.54. The molecule has 0 aliphatic heterocycles.